The highest BCUT2D eigenvalue weighted by molar-refractivity contribution is 7.18. The van der Waals surface area contributed by atoms with Crippen LogP contribution >= 0.6 is 11.3 Å². The predicted molar refractivity (Wildman–Crippen MR) is 96.3 cm³/mol. The minimum absolute atomic E-state index is 0.0707. The maximum Gasteiger partial charge on any atom is 0.409 e. The smallest absolute Gasteiger partial charge is 0.409 e. The van der Waals surface area contributed by atoms with Crippen molar-refractivity contribution >= 4 is 33.5 Å². The lowest BCUT2D eigenvalue weighted by Gasteiger charge is -2.35. The number of rotatable bonds is 3. The SMILES string of the molecule is Cc1cc2c(N3CCN(C(=O)OCC4CCCO4)CC3)ncnc2s1. The zero-order valence-corrected chi connectivity index (χ0v) is 15.1. The van der Waals surface area contributed by atoms with Crippen LogP contribution in [-0.4, -0.2) is 66.5 Å². The molecule has 134 valence electrons. The fraction of sp³-hybridized carbons (Fsp3) is 0.588. The number of fused-ring (bicyclic) bond motifs is 1. The first kappa shape index (κ1) is 16.5. The summed E-state index contributed by atoms with van der Waals surface area (Å²) < 4.78 is 10.9. The largest absolute Gasteiger partial charge is 0.447 e. The lowest BCUT2D eigenvalue weighted by molar-refractivity contribution is 0.0293. The third kappa shape index (κ3) is 3.55. The number of ether oxygens (including phenoxy) is 2. The Labute approximate surface area is 150 Å². The molecule has 0 aliphatic carbocycles. The third-order valence-electron chi connectivity index (χ3n) is 4.69. The van der Waals surface area contributed by atoms with Gasteiger partial charge in [-0.2, -0.15) is 0 Å². The molecule has 7 nitrogen and oxygen atoms in total. The van der Waals surface area contributed by atoms with E-state index in [1.807, 2.05) is 0 Å². The van der Waals surface area contributed by atoms with Gasteiger partial charge in [-0.05, 0) is 25.8 Å². The zero-order chi connectivity index (χ0) is 17.2. The van der Waals surface area contributed by atoms with Gasteiger partial charge in [-0.15, -0.1) is 11.3 Å². The Bertz CT molecular complexity index is 751. The Morgan fingerprint density at radius 2 is 2.20 bits per heavy atom. The maximum atomic E-state index is 12.2. The quantitative estimate of drug-likeness (QED) is 0.835. The Morgan fingerprint density at radius 3 is 2.96 bits per heavy atom. The number of carbonyl (C=O) groups is 1. The maximum absolute atomic E-state index is 12.2. The molecule has 2 aliphatic heterocycles. The molecule has 1 unspecified atom stereocenters. The van der Waals surface area contributed by atoms with E-state index in [-0.39, 0.29) is 12.2 Å². The Hall–Kier alpha value is -1.93. The van der Waals surface area contributed by atoms with Crippen LogP contribution in [0.1, 0.15) is 17.7 Å². The van der Waals surface area contributed by atoms with E-state index < -0.39 is 0 Å². The molecule has 2 fully saturated rings. The number of carbonyl (C=O) groups excluding carboxylic acids is 1. The van der Waals surface area contributed by atoms with Crippen LogP contribution in [0.25, 0.3) is 10.2 Å². The minimum Gasteiger partial charge on any atom is -0.447 e. The van der Waals surface area contributed by atoms with Gasteiger partial charge in [0.1, 0.15) is 23.6 Å². The van der Waals surface area contributed by atoms with Crippen molar-refractivity contribution in [1.29, 1.82) is 0 Å². The summed E-state index contributed by atoms with van der Waals surface area (Å²) in [5.41, 5.74) is 0. The molecule has 0 N–H and O–H groups in total. The van der Waals surface area contributed by atoms with E-state index in [0.717, 1.165) is 48.6 Å². The fourth-order valence-corrected chi connectivity index (χ4v) is 4.19. The molecule has 8 heteroatoms. The van der Waals surface area contributed by atoms with Crippen molar-refractivity contribution in [3.63, 3.8) is 0 Å². The highest BCUT2D eigenvalue weighted by Gasteiger charge is 2.25. The van der Waals surface area contributed by atoms with Crippen LogP contribution in [0.5, 0.6) is 0 Å². The number of amides is 1. The van der Waals surface area contributed by atoms with Crippen LogP contribution in [-0.2, 0) is 9.47 Å². The summed E-state index contributed by atoms with van der Waals surface area (Å²) in [4.78, 5) is 27.3. The number of thiophene rings is 1. The van der Waals surface area contributed by atoms with E-state index in [4.69, 9.17) is 9.47 Å². The first-order valence-electron chi connectivity index (χ1n) is 8.70. The molecule has 4 heterocycles. The van der Waals surface area contributed by atoms with Gasteiger partial charge in [-0.1, -0.05) is 0 Å². The first-order chi connectivity index (χ1) is 12.2. The van der Waals surface area contributed by atoms with Crippen LogP contribution in [0, 0.1) is 6.92 Å². The van der Waals surface area contributed by atoms with Gasteiger partial charge in [0.2, 0.25) is 0 Å². The third-order valence-corrected chi connectivity index (χ3v) is 5.64. The molecule has 1 atom stereocenters. The van der Waals surface area contributed by atoms with Crippen molar-refractivity contribution < 1.29 is 14.3 Å². The van der Waals surface area contributed by atoms with E-state index in [0.29, 0.717) is 19.7 Å². The Kier molecular flexibility index (Phi) is 4.72. The summed E-state index contributed by atoms with van der Waals surface area (Å²) >= 11 is 1.68. The van der Waals surface area contributed by atoms with Gasteiger partial charge in [0.25, 0.3) is 0 Å². The lowest BCUT2D eigenvalue weighted by Crippen LogP contribution is -2.49. The van der Waals surface area contributed by atoms with Crippen molar-refractivity contribution in [3.8, 4) is 0 Å². The molecule has 0 bridgehead atoms. The number of hydrogen-bond donors (Lipinski definition) is 0. The number of piperazine rings is 1. The van der Waals surface area contributed by atoms with Gasteiger partial charge in [-0.3, -0.25) is 0 Å². The summed E-state index contributed by atoms with van der Waals surface area (Å²) in [6.45, 7) is 5.98. The second-order valence-electron chi connectivity index (χ2n) is 6.46. The molecule has 0 aromatic carbocycles. The van der Waals surface area contributed by atoms with Crippen LogP contribution in [0.15, 0.2) is 12.4 Å². The van der Waals surface area contributed by atoms with Crippen molar-refractivity contribution in [2.45, 2.75) is 25.9 Å². The molecule has 2 aliphatic rings. The summed E-state index contributed by atoms with van der Waals surface area (Å²) in [5.74, 6) is 0.960. The van der Waals surface area contributed by atoms with Crippen LogP contribution in [0.4, 0.5) is 10.6 Å². The Balaban J connectivity index is 1.35. The minimum atomic E-state index is -0.241. The van der Waals surface area contributed by atoms with E-state index >= 15 is 0 Å². The summed E-state index contributed by atoms with van der Waals surface area (Å²) in [7, 11) is 0. The lowest BCUT2D eigenvalue weighted by atomic mass is 10.2. The fourth-order valence-electron chi connectivity index (χ4n) is 3.35. The highest BCUT2D eigenvalue weighted by atomic mass is 32.1. The first-order valence-corrected chi connectivity index (χ1v) is 9.52. The normalized spacial score (nSPS) is 21.1. The van der Waals surface area contributed by atoms with E-state index in [1.165, 1.54) is 4.88 Å². The summed E-state index contributed by atoms with van der Waals surface area (Å²) in [6.07, 6.45) is 3.48. The van der Waals surface area contributed by atoms with Crippen LogP contribution in [0.2, 0.25) is 0 Å². The number of aryl methyl sites for hydroxylation is 1. The molecule has 0 radical (unpaired) electrons. The van der Waals surface area contributed by atoms with Crippen molar-refractivity contribution in [2.75, 3.05) is 44.3 Å². The average Bonchev–Trinajstić information content (AvgIpc) is 3.27. The topological polar surface area (TPSA) is 67.8 Å². The van der Waals surface area contributed by atoms with Gasteiger partial charge in [-0.25, -0.2) is 14.8 Å². The van der Waals surface area contributed by atoms with Crippen molar-refractivity contribution in [3.05, 3.63) is 17.3 Å². The number of nitrogens with zero attached hydrogens (tertiary/aromatic N) is 4. The molecule has 4 rings (SSSR count). The highest BCUT2D eigenvalue weighted by Crippen LogP contribution is 2.30. The van der Waals surface area contributed by atoms with Crippen molar-refractivity contribution in [2.24, 2.45) is 0 Å². The number of aromatic nitrogens is 2. The molecule has 2 aromatic rings. The predicted octanol–water partition coefficient (Wildman–Crippen LogP) is 2.44. The van der Waals surface area contributed by atoms with Crippen molar-refractivity contribution in [1.82, 2.24) is 14.9 Å². The summed E-state index contributed by atoms with van der Waals surface area (Å²) in [6, 6.07) is 2.14. The molecule has 2 aromatic heterocycles. The molecule has 0 saturated carbocycles. The molecular formula is C17H22N4O3S. The average molecular weight is 362 g/mol. The van der Waals surface area contributed by atoms with Gasteiger partial charge in [0, 0.05) is 37.7 Å². The zero-order valence-electron chi connectivity index (χ0n) is 14.3. The van der Waals surface area contributed by atoms with Gasteiger partial charge in [0.05, 0.1) is 11.5 Å². The molecule has 2 saturated heterocycles. The Morgan fingerprint density at radius 1 is 1.36 bits per heavy atom. The van der Waals surface area contributed by atoms with Gasteiger partial charge in [0.15, 0.2) is 0 Å². The van der Waals surface area contributed by atoms with E-state index in [1.54, 1.807) is 22.6 Å². The van der Waals surface area contributed by atoms with E-state index in [2.05, 4.69) is 27.9 Å². The second-order valence-corrected chi connectivity index (χ2v) is 7.69. The molecule has 1 amide bonds. The number of anilines is 1. The standard InChI is InChI=1S/C17H22N4O3S/c1-12-9-14-15(18-11-19-16(14)25-12)20-4-6-21(7-5-20)17(22)24-10-13-3-2-8-23-13/h9,11,13H,2-8,10H2,1H3. The number of hydrogen-bond acceptors (Lipinski definition) is 7. The second kappa shape index (κ2) is 7.13. The van der Waals surface area contributed by atoms with Crippen LogP contribution in [0.3, 0.4) is 0 Å². The van der Waals surface area contributed by atoms with Gasteiger partial charge >= 0.3 is 6.09 Å². The molecule has 0 spiro atoms. The molecule has 25 heavy (non-hydrogen) atoms. The molecular weight excluding hydrogens is 340 g/mol. The van der Waals surface area contributed by atoms with Gasteiger partial charge < -0.3 is 19.3 Å². The summed E-state index contributed by atoms with van der Waals surface area (Å²) in [5, 5.41) is 1.10. The van der Waals surface area contributed by atoms with E-state index in [9.17, 15) is 4.79 Å². The monoisotopic (exact) mass is 362 g/mol. The van der Waals surface area contributed by atoms with Crippen LogP contribution < -0.4 is 4.90 Å².